The van der Waals surface area contributed by atoms with Gasteiger partial charge in [0, 0.05) is 30.1 Å². The molecule has 2 unspecified atom stereocenters. The maximum Gasteiger partial charge on any atom is 0.218 e. The zero-order valence-electron chi connectivity index (χ0n) is 23.8. The van der Waals surface area contributed by atoms with Crippen molar-refractivity contribution in [3.8, 4) is 11.5 Å². The highest BCUT2D eigenvalue weighted by Crippen LogP contribution is 2.65. The summed E-state index contributed by atoms with van der Waals surface area (Å²) in [4.78, 5) is 15.1. The van der Waals surface area contributed by atoms with E-state index >= 15 is 0 Å². The first-order valence-electron chi connectivity index (χ1n) is 14.7. The molecule has 2 heterocycles. The van der Waals surface area contributed by atoms with Gasteiger partial charge < -0.3 is 14.9 Å². The van der Waals surface area contributed by atoms with Crippen LogP contribution in [0.2, 0.25) is 0 Å². The van der Waals surface area contributed by atoms with Crippen molar-refractivity contribution in [3.63, 3.8) is 0 Å². The summed E-state index contributed by atoms with van der Waals surface area (Å²) in [5.41, 5.74) is 2.24. The molecule has 2 aliphatic heterocycles. The minimum absolute atomic E-state index is 0.0652. The molecular weight excluding hydrogens is 540 g/mol. The molecule has 2 N–H and O–H groups in total. The Morgan fingerprint density at radius 3 is 2.71 bits per heavy atom. The number of phenols is 1. The smallest absolute Gasteiger partial charge is 0.218 e. The number of rotatable bonds is 10. The van der Waals surface area contributed by atoms with Crippen molar-refractivity contribution in [3.05, 3.63) is 71.3 Å². The first-order valence-corrected chi connectivity index (χ1v) is 16.3. The van der Waals surface area contributed by atoms with Gasteiger partial charge in [0.25, 0.3) is 0 Å². The molecule has 9 heteroatoms. The average Bonchev–Trinajstić information content (AvgIpc) is 3.29. The average molecular weight is 581 g/mol. The standard InChI is InChI=1S/C32H40N2O6S/c1-4-13-33-14-12-32-24-10-11-25(34(17-20(2)3)41(38,39)19-21-8-6-5-7-9-21)31(32)40-30-28(32)22(16-26(24)33)15-23(29(30)37)27(36)18-35/h4-9,15,20,24-26,31,35,37H,1,10-14,16-19H2,2-3H3/t24-,25?,26+,31?,32-/m0/s1. The molecule has 1 saturated carbocycles. The molecule has 2 aromatic rings. The zero-order valence-corrected chi connectivity index (χ0v) is 24.6. The van der Waals surface area contributed by atoms with Gasteiger partial charge in [-0.1, -0.05) is 50.3 Å². The number of hydrogen-bond acceptors (Lipinski definition) is 7. The van der Waals surface area contributed by atoms with E-state index in [4.69, 9.17) is 4.74 Å². The van der Waals surface area contributed by atoms with Crippen LogP contribution in [-0.2, 0) is 27.6 Å². The van der Waals surface area contributed by atoms with Crippen molar-refractivity contribution >= 4 is 15.8 Å². The molecule has 1 saturated heterocycles. The number of aromatic hydroxyl groups is 1. The number of aliphatic hydroxyl groups is 1. The largest absolute Gasteiger partial charge is 0.504 e. The summed E-state index contributed by atoms with van der Waals surface area (Å²) in [5.74, 6) is -0.251. The molecule has 2 fully saturated rings. The van der Waals surface area contributed by atoms with Gasteiger partial charge in [0.05, 0.1) is 17.4 Å². The van der Waals surface area contributed by atoms with Crippen LogP contribution in [0, 0.1) is 11.8 Å². The molecule has 2 aromatic carbocycles. The van der Waals surface area contributed by atoms with Crippen molar-refractivity contribution in [2.45, 2.75) is 68.9 Å². The van der Waals surface area contributed by atoms with E-state index in [0.717, 1.165) is 42.6 Å². The second-order valence-electron chi connectivity index (χ2n) is 12.6. The van der Waals surface area contributed by atoms with Crippen LogP contribution in [0.4, 0.5) is 0 Å². The van der Waals surface area contributed by atoms with Crippen LogP contribution in [0.1, 0.15) is 60.2 Å². The molecular formula is C32H40N2O6S. The number of piperidine rings is 1. The first kappa shape index (κ1) is 28.4. The van der Waals surface area contributed by atoms with Crippen LogP contribution in [-0.4, -0.2) is 78.0 Å². The van der Waals surface area contributed by atoms with Gasteiger partial charge in [0.2, 0.25) is 10.0 Å². The third-order valence-corrected chi connectivity index (χ3v) is 11.6. The number of carbonyl (C=O) groups excluding carboxylic acids is 1. The van der Waals surface area contributed by atoms with Crippen molar-refractivity contribution in [2.75, 3.05) is 26.2 Å². The minimum atomic E-state index is -3.71. The molecule has 0 amide bonds. The van der Waals surface area contributed by atoms with E-state index in [0.29, 0.717) is 25.1 Å². The number of sulfonamides is 1. The fourth-order valence-electron chi connectivity index (χ4n) is 8.34. The Balaban J connectivity index is 1.48. The van der Waals surface area contributed by atoms with Gasteiger partial charge in [0.15, 0.2) is 17.3 Å². The highest BCUT2D eigenvalue weighted by Gasteiger charge is 2.67. The summed E-state index contributed by atoms with van der Waals surface area (Å²) in [6.07, 6.45) is 4.41. The number of Topliss-reactive ketones (excluding diaryl/α,β-unsaturated/α-hetero) is 1. The maximum atomic E-state index is 14.1. The highest BCUT2D eigenvalue weighted by molar-refractivity contribution is 7.88. The number of phenolic OH excluding ortho intramolecular Hbond substituents is 1. The lowest BCUT2D eigenvalue weighted by atomic mass is 9.51. The topological polar surface area (TPSA) is 107 Å². The Morgan fingerprint density at radius 2 is 2.02 bits per heavy atom. The van der Waals surface area contributed by atoms with E-state index in [1.165, 1.54) is 0 Å². The van der Waals surface area contributed by atoms with Crippen LogP contribution >= 0.6 is 0 Å². The molecule has 0 aromatic heterocycles. The lowest BCUT2D eigenvalue weighted by molar-refractivity contribution is -0.0745. The monoisotopic (exact) mass is 580 g/mol. The van der Waals surface area contributed by atoms with Crippen molar-refractivity contribution in [1.82, 2.24) is 9.21 Å². The lowest BCUT2D eigenvalue weighted by Gasteiger charge is -2.60. The number of aliphatic hydroxyl groups excluding tert-OH is 1. The molecule has 1 spiro atoms. The van der Waals surface area contributed by atoms with Gasteiger partial charge in [-0.15, -0.1) is 6.58 Å². The van der Waals surface area contributed by atoms with Crippen LogP contribution in [0.5, 0.6) is 11.5 Å². The van der Waals surface area contributed by atoms with Gasteiger partial charge in [-0.3, -0.25) is 9.69 Å². The normalized spacial score (nSPS) is 28.4. The summed E-state index contributed by atoms with van der Waals surface area (Å²) in [6, 6.07) is 10.8. The van der Waals surface area contributed by atoms with Crippen molar-refractivity contribution < 1.29 is 28.2 Å². The van der Waals surface area contributed by atoms with Crippen molar-refractivity contribution in [2.24, 2.45) is 11.8 Å². The molecule has 2 bridgehead atoms. The molecule has 2 aliphatic carbocycles. The Labute approximate surface area is 242 Å². The minimum Gasteiger partial charge on any atom is -0.504 e. The van der Waals surface area contributed by atoms with Crippen LogP contribution in [0.3, 0.4) is 0 Å². The number of carbonyl (C=O) groups is 1. The van der Waals surface area contributed by atoms with Gasteiger partial charge in [0.1, 0.15) is 12.7 Å². The summed E-state index contributed by atoms with van der Waals surface area (Å²) >= 11 is 0. The second-order valence-corrected chi connectivity index (χ2v) is 14.5. The second kappa shape index (κ2) is 10.5. The number of likely N-dealkylation sites (tertiary alicyclic amines) is 1. The van der Waals surface area contributed by atoms with E-state index in [2.05, 4.69) is 11.5 Å². The Morgan fingerprint density at radius 1 is 1.27 bits per heavy atom. The molecule has 8 nitrogen and oxygen atoms in total. The molecule has 6 rings (SSSR count). The molecule has 4 aliphatic rings. The third-order valence-electron chi connectivity index (χ3n) is 9.79. The Kier molecular flexibility index (Phi) is 7.29. The molecule has 0 radical (unpaired) electrons. The highest BCUT2D eigenvalue weighted by atomic mass is 32.2. The molecule has 220 valence electrons. The Bertz CT molecular complexity index is 1460. The van der Waals surface area contributed by atoms with E-state index in [-0.39, 0.29) is 34.9 Å². The Hall–Kier alpha value is -2.72. The van der Waals surface area contributed by atoms with E-state index in [9.17, 15) is 23.4 Å². The molecule has 41 heavy (non-hydrogen) atoms. The SMILES string of the molecule is C=CCN1CC[C@]23c4c5cc(C(=O)CO)c(O)c4OC2C(N(CC(C)C)S(=O)(=O)Cc2ccccc2)CC[C@H]3[C@H]1C5. The lowest BCUT2D eigenvalue weighted by Crippen LogP contribution is -2.69. The van der Waals surface area contributed by atoms with Gasteiger partial charge in [-0.05, 0) is 61.3 Å². The van der Waals surface area contributed by atoms with Crippen LogP contribution in [0.15, 0.2) is 49.1 Å². The quantitative estimate of drug-likeness (QED) is 0.326. The predicted molar refractivity (Wildman–Crippen MR) is 157 cm³/mol. The van der Waals surface area contributed by atoms with Crippen LogP contribution in [0.25, 0.3) is 0 Å². The van der Waals surface area contributed by atoms with Gasteiger partial charge in [-0.2, -0.15) is 4.31 Å². The number of benzene rings is 2. The first-order chi connectivity index (χ1) is 19.6. The van der Waals surface area contributed by atoms with Crippen molar-refractivity contribution in [1.29, 1.82) is 0 Å². The maximum absolute atomic E-state index is 14.1. The summed E-state index contributed by atoms with van der Waals surface area (Å²) in [7, 11) is -3.71. The van der Waals surface area contributed by atoms with Crippen LogP contribution < -0.4 is 4.74 Å². The summed E-state index contributed by atoms with van der Waals surface area (Å²) in [6.45, 7) is 9.25. The van der Waals surface area contributed by atoms with E-state index in [1.54, 1.807) is 10.4 Å². The summed E-state index contributed by atoms with van der Waals surface area (Å²) < 4.78 is 36.7. The third kappa shape index (κ3) is 4.44. The van der Waals surface area contributed by atoms with Gasteiger partial charge >= 0.3 is 0 Å². The number of ketones is 1. The number of ether oxygens (including phenoxy) is 1. The van der Waals surface area contributed by atoms with E-state index in [1.807, 2.05) is 50.3 Å². The van der Waals surface area contributed by atoms with Gasteiger partial charge in [-0.25, -0.2) is 8.42 Å². The fraction of sp³-hybridized carbons (Fsp3) is 0.531. The number of hydrogen-bond donors (Lipinski definition) is 2. The summed E-state index contributed by atoms with van der Waals surface area (Å²) in [5, 5.41) is 21.0. The predicted octanol–water partition coefficient (Wildman–Crippen LogP) is 3.65. The van der Waals surface area contributed by atoms with E-state index < -0.39 is 40.0 Å². The zero-order chi connectivity index (χ0) is 29.1. The molecule has 5 atom stereocenters. The fourth-order valence-corrected chi connectivity index (χ4v) is 10.3. The number of nitrogens with zero attached hydrogens (tertiary/aromatic N) is 2.